The maximum absolute atomic E-state index is 11.7. The molecule has 0 aliphatic heterocycles. The van der Waals surface area contributed by atoms with Gasteiger partial charge in [-0.25, -0.2) is 4.79 Å². The lowest BCUT2D eigenvalue weighted by atomic mass is 9.80. The lowest BCUT2D eigenvalue weighted by Gasteiger charge is -2.27. The number of hydrogen-bond acceptors (Lipinski definition) is 3. The summed E-state index contributed by atoms with van der Waals surface area (Å²) in [5.74, 6) is -0.228. The van der Waals surface area contributed by atoms with Crippen LogP contribution in [-0.4, -0.2) is 24.5 Å². The number of amides is 1. The van der Waals surface area contributed by atoms with E-state index in [1.807, 2.05) is 6.92 Å². The van der Waals surface area contributed by atoms with Crippen molar-refractivity contribution in [2.45, 2.75) is 54.0 Å². The Morgan fingerprint density at radius 1 is 1.24 bits per heavy atom. The lowest BCUT2D eigenvalue weighted by molar-refractivity contribution is -0.147. The van der Waals surface area contributed by atoms with E-state index in [9.17, 15) is 9.59 Å². The van der Waals surface area contributed by atoms with Gasteiger partial charge in [0.05, 0.1) is 6.61 Å². The van der Waals surface area contributed by atoms with Crippen molar-refractivity contribution in [3.63, 3.8) is 0 Å². The Labute approximate surface area is 104 Å². The Morgan fingerprint density at radius 3 is 2.18 bits per heavy atom. The highest BCUT2D eigenvalue weighted by atomic mass is 16.5. The van der Waals surface area contributed by atoms with Crippen molar-refractivity contribution in [1.29, 1.82) is 0 Å². The summed E-state index contributed by atoms with van der Waals surface area (Å²) in [7, 11) is 0. The van der Waals surface area contributed by atoms with Crippen LogP contribution < -0.4 is 5.32 Å². The molecule has 0 aliphatic carbocycles. The number of nitrogens with one attached hydrogen (secondary N) is 1. The first-order valence-electron chi connectivity index (χ1n) is 6.14. The molecule has 4 nitrogen and oxygen atoms in total. The molecule has 0 heterocycles. The smallest absolute Gasteiger partial charge is 0.328 e. The molecule has 4 heteroatoms. The van der Waals surface area contributed by atoms with Crippen molar-refractivity contribution >= 4 is 11.9 Å². The van der Waals surface area contributed by atoms with Crippen LogP contribution in [0.25, 0.3) is 0 Å². The van der Waals surface area contributed by atoms with Crippen molar-refractivity contribution in [3.8, 4) is 0 Å². The molecule has 0 fully saturated rings. The molecule has 0 rings (SSSR count). The summed E-state index contributed by atoms with van der Waals surface area (Å²) in [6.07, 6.45) is 0.424. The fourth-order valence-corrected chi connectivity index (χ4v) is 1.21. The van der Waals surface area contributed by atoms with Crippen LogP contribution in [-0.2, 0) is 14.3 Å². The van der Waals surface area contributed by atoms with Crippen molar-refractivity contribution < 1.29 is 14.3 Å². The van der Waals surface area contributed by atoms with E-state index in [1.165, 1.54) is 0 Å². The van der Waals surface area contributed by atoms with Gasteiger partial charge in [0.15, 0.2) is 0 Å². The maximum Gasteiger partial charge on any atom is 0.328 e. The van der Waals surface area contributed by atoms with Gasteiger partial charge in [-0.2, -0.15) is 0 Å². The van der Waals surface area contributed by atoms with Gasteiger partial charge in [0.1, 0.15) is 6.04 Å². The van der Waals surface area contributed by atoms with Gasteiger partial charge in [-0.1, -0.05) is 27.7 Å². The Kier molecular flexibility index (Phi) is 6.21. The summed E-state index contributed by atoms with van der Waals surface area (Å²) >= 11 is 0. The molecule has 1 N–H and O–H groups in total. The summed E-state index contributed by atoms with van der Waals surface area (Å²) in [6.45, 7) is 12.0. The van der Waals surface area contributed by atoms with E-state index >= 15 is 0 Å². The summed E-state index contributed by atoms with van der Waals surface area (Å²) in [6, 6.07) is -0.574. The molecule has 0 aromatic carbocycles. The third-order valence-corrected chi connectivity index (χ3v) is 2.99. The predicted octanol–water partition coefficient (Wildman–Crippen LogP) is 2.13. The normalized spacial score (nSPS) is 14.9. The van der Waals surface area contributed by atoms with E-state index in [2.05, 4.69) is 26.1 Å². The minimum absolute atomic E-state index is 0.0878. The van der Waals surface area contributed by atoms with Crippen LogP contribution >= 0.6 is 0 Å². The highest BCUT2D eigenvalue weighted by Gasteiger charge is 2.24. The van der Waals surface area contributed by atoms with E-state index in [1.54, 1.807) is 13.8 Å². The molecule has 0 saturated carbocycles. The fourth-order valence-electron chi connectivity index (χ4n) is 1.21. The third-order valence-electron chi connectivity index (χ3n) is 2.99. The molecular formula is C13H25NO3. The highest BCUT2D eigenvalue weighted by Crippen LogP contribution is 2.27. The predicted molar refractivity (Wildman–Crippen MR) is 67.5 cm³/mol. The largest absolute Gasteiger partial charge is 0.464 e. The second-order valence-corrected chi connectivity index (χ2v) is 5.51. The van der Waals surface area contributed by atoms with Crippen LogP contribution in [0.3, 0.4) is 0 Å². The van der Waals surface area contributed by atoms with E-state index in [4.69, 9.17) is 4.74 Å². The van der Waals surface area contributed by atoms with Gasteiger partial charge in [-0.3, -0.25) is 4.79 Å². The lowest BCUT2D eigenvalue weighted by Crippen LogP contribution is -2.40. The van der Waals surface area contributed by atoms with Gasteiger partial charge in [0.25, 0.3) is 0 Å². The van der Waals surface area contributed by atoms with Crippen molar-refractivity contribution in [2.75, 3.05) is 6.61 Å². The average Bonchev–Trinajstić information content (AvgIpc) is 2.16. The zero-order valence-electron chi connectivity index (χ0n) is 11.8. The molecule has 0 aliphatic rings. The van der Waals surface area contributed by atoms with E-state index in [0.29, 0.717) is 13.0 Å². The maximum atomic E-state index is 11.7. The monoisotopic (exact) mass is 243 g/mol. The fraction of sp³-hybridized carbons (Fsp3) is 0.846. The Balaban J connectivity index is 4.15. The minimum Gasteiger partial charge on any atom is -0.464 e. The number of ether oxygens (including phenoxy) is 1. The van der Waals surface area contributed by atoms with E-state index in [-0.39, 0.29) is 23.2 Å². The Morgan fingerprint density at radius 2 is 1.76 bits per heavy atom. The first-order chi connectivity index (χ1) is 7.68. The van der Waals surface area contributed by atoms with Crippen LogP contribution in [0.1, 0.15) is 48.0 Å². The second-order valence-electron chi connectivity index (χ2n) is 5.51. The molecular weight excluding hydrogens is 218 g/mol. The number of carbonyl (C=O) groups excluding carboxylic acids is 2. The van der Waals surface area contributed by atoms with Gasteiger partial charge in [-0.05, 0) is 25.2 Å². The second kappa shape index (κ2) is 6.62. The van der Waals surface area contributed by atoms with Crippen LogP contribution in [0.5, 0.6) is 0 Å². The Bertz CT molecular complexity index is 268. The van der Waals surface area contributed by atoms with Crippen LogP contribution in [0.15, 0.2) is 0 Å². The van der Waals surface area contributed by atoms with Gasteiger partial charge in [-0.15, -0.1) is 0 Å². The van der Waals surface area contributed by atoms with Crippen LogP contribution in [0.4, 0.5) is 0 Å². The SMILES string of the molecule is CCOC(=O)C(C)NC(=O)CC(C)C(C)(C)C. The number of hydrogen-bond donors (Lipinski definition) is 1. The molecule has 0 radical (unpaired) electrons. The molecule has 1 amide bonds. The molecule has 0 saturated heterocycles. The first-order valence-corrected chi connectivity index (χ1v) is 6.14. The van der Waals surface area contributed by atoms with E-state index in [0.717, 1.165) is 0 Å². The van der Waals surface area contributed by atoms with Gasteiger partial charge >= 0.3 is 5.97 Å². The topological polar surface area (TPSA) is 55.4 Å². The van der Waals surface area contributed by atoms with Crippen molar-refractivity contribution in [3.05, 3.63) is 0 Å². The highest BCUT2D eigenvalue weighted by molar-refractivity contribution is 5.84. The van der Waals surface area contributed by atoms with E-state index < -0.39 is 6.04 Å². The molecule has 100 valence electrons. The average molecular weight is 243 g/mol. The van der Waals surface area contributed by atoms with Crippen LogP contribution in [0.2, 0.25) is 0 Å². The number of carbonyl (C=O) groups is 2. The molecule has 2 atom stereocenters. The van der Waals surface area contributed by atoms with Gasteiger partial charge in [0.2, 0.25) is 5.91 Å². The summed E-state index contributed by atoms with van der Waals surface area (Å²) in [5, 5.41) is 2.65. The number of esters is 1. The van der Waals surface area contributed by atoms with Gasteiger partial charge in [0, 0.05) is 6.42 Å². The van der Waals surface area contributed by atoms with Crippen molar-refractivity contribution in [1.82, 2.24) is 5.32 Å². The minimum atomic E-state index is -0.574. The molecule has 2 unspecified atom stereocenters. The molecule has 0 spiro atoms. The quantitative estimate of drug-likeness (QED) is 0.753. The third kappa shape index (κ3) is 6.29. The van der Waals surface area contributed by atoms with Gasteiger partial charge < -0.3 is 10.1 Å². The molecule has 0 aromatic rings. The summed E-state index contributed by atoms with van der Waals surface area (Å²) in [4.78, 5) is 23.0. The zero-order valence-corrected chi connectivity index (χ0v) is 11.8. The molecule has 0 bridgehead atoms. The first kappa shape index (κ1) is 15.9. The standard InChI is InChI=1S/C13H25NO3/c1-7-17-12(16)10(3)14-11(15)8-9(2)13(4,5)6/h9-10H,7-8H2,1-6H3,(H,14,15). The molecule has 17 heavy (non-hydrogen) atoms. The Hall–Kier alpha value is -1.06. The van der Waals surface area contributed by atoms with Crippen molar-refractivity contribution in [2.24, 2.45) is 11.3 Å². The number of rotatable bonds is 5. The zero-order chi connectivity index (χ0) is 13.6. The molecule has 0 aromatic heterocycles. The van der Waals surface area contributed by atoms with Crippen LogP contribution in [0, 0.1) is 11.3 Å². The summed E-state index contributed by atoms with van der Waals surface area (Å²) < 4.78 is 4.82. The summed E-state index contributed by atoms with van der Waals surface area (Å²) in [5.41, 5.74) is 0.0878.